The summed E-state index contributed by atoms with van der Waals surface area (Å²) >= 11 is 0. The number of amides is 1. The van der Waals surface area contributed by atoms with Gasteiger partial charge in [-0.25, -0.2) is 9.78 Å². The van der Waals surface area contributed by atoms with Crippen molar-refractivity contribution in [3.05, 3.63) is 93.2 Å². The van der Waals surface area contributed by atoms with Gasteiger partial charge >= 0.3 is 5.97 Å². The molecule has 1 aliphatic heterocycles. The van der Waals surface area contributed by atoms with Gasteiger partial charge in [-0.2, -0.15) is 0 Å². The Balaban J connectivity index is 1.47. The summed E-state index contributed by atoms with van der Waals surface area (Å²) in [5.74, 6) is 5.19. The summed E-state index contributed by atoms with van der Waals surface area (Å²) in [6.45, 7) is 1.72. The van der Waals surface area contributed by atoms with Crippen molar-refractivity contribution in [3.8, 4) is 11.8 Å². The van der Waals surface area contributed by atoms with Crippen LogP contribution in [0.3, 0.4) is 0 Å². The molecule has 1 N–H and O–H groups in total. The predicted octanol–water partition coefficient (Wildman–Crippen LogP) is 4.42. The molecule has 0 radical (unpaired) electrons. The first-order valence-corrected chi connectivity index (χ1v) is 11.5. The first kappa shape index (κ1) is 24.4. The molecule has 2 aromatic carbocycles. The third-order valence-corrected chi connectivity index (χ3v) is 5.80. The Morgan fingerprint density at radius 2 is 1.69 bits per heavy atom. The van der Waals surface area contributed by atoms with Gasteiger partial charge in [-0.3, -0.25) is 14.9 Å². The van der Waals surface area contributed by atoms with Gasteiger partial charge in [-0.05, 0) is 67.8 Å². The SMILES string of the molecule is COC(=O)c1ccc(C#Cc2ccc(NC(=O)c3cc(N4CCCCC4)ccc3[N+](=O)[O-])nc2)cc1. The maximum Gasteiger partial charge on any atom is 0.337 e. The lowest BCUT2D eigenvalue weighted by Crippen LogP contribution is -2.29. The second kappa shape index (κ2) is 11.1. The van der Waals surface area contributed by atoms with Crippen molar-refractivity contribution in [3.63, 3.8) is 0 Å². The molecule has 36 heavy (non-hydrogen) atoms. The number of pyridine rings is 1. The minimum Gasteiger partial charge on any atom is -0.465 e. The summed E-state index contributed by atoms with van der Waals surface area (Å²) in [7, 11) is 1.32. The Labute approximate surface area is 208 Å². The summed E-state index contributed by atoms with van der Waals surface area (Å²) in [4.78, 5) is 41.8. The average Bonchev–Trinajstić information content (AvgIpc) is 2.92. The third-order valence-electron chi connectivity index (χ3n) is 5.80. The molecular formula is C27H24N4O5. The summed E-state index contributed by atoms with van der Waals surface area (Å²) in [6, 6.07) is 14.6. The molecule has 1 saturated heterocycles. The monoisotopic (exact) mass is 484 g/mol. The van der Waals surface area contributed by atoms with Crippen LogP contribution in [0.4, 0.5) is 17.2 Å². The number of piperidine rings is 1. The fourth-order valence-electron chi connectivity index (χ4n) is 3.89. The Kier molecular flexibility index (Phi) is 7.56. The van der Waals surface area contributed by atoms with Crippen molar-refractivity contribution in [2.45, 2.75) is 19.3 Å². The van der Waals surface area contributed by atoms with E-state index in [-0.39, 0.29) is 17.1 Å². The predicted molar refractivity (Wildman–Crippen MR) is 135 cm³/mol. The maximum atomic E-state index is 12.9. The zero-order chi connectivity index (χ0) is 25.5. The van der Waals surface area contributed by atoms with Crippen molar-refractivity contribution < 1.29 is 19.2 Å². The highest BCUT2D eigenvalue weighted by molar-refractivity contribution is 6.07. The van der Waals surface area contributed by atoms with E-state index in [2.05, 4.69) is 31.8 Å². The van der Waals surface area contributed by atoms with Crippen LogP contribution >= 0.6 is 0 Å². The van der Waals surface area contributed by atoms with Gasteiger partial charge in [0, 0.05) is 42.2 Å². The largest absolute Gasteiger partial charge is 0.465 e. The second-order valence-corrected chi connectivity index (χ2v) is 8.21. The van der Waals surface area contributed by atoms with Crippen LogP contribution in [0.2, 0.25) is 0 Å². The Hall–Kier alpha value is -4.71. The topological polar surface area (TPSA) is 115 Å². The number of hydrogen-bond acceptors (Lipinski definition) is 7. The number of nitro groups is 1. The minimum atomic E-state index is -0.599. The number of rotatable bonds is 5. The van der Waals surface area contributed by atoms with Gasteiger partial charge in [0.25, 0.3) is 11.6 Å². The van der Waals surface area contributed by atoms with Crippen molar-refractivity contribution >= 4 is 29.1 Å². The first-order chi connectivity index (χ1) is 17.4. The molecule has 9 nitrogen and oxygen atoms in total. The van der Waals surface area contributed by atoms with Crippen molar-refractivity contribution in [2.24, 2.45) is 0 Å². The molecule has 0 bridgehead atoms. The molecule has 0 saturated carbocycles. The normalized spacial score (nSPS) is 12.8. The molecule has 0 aliphatic carbocycles. The molecule has 0 atom stereocenters. The summed E-state index contributed by atoms with van der Waals surface area (Å²) in [5, 5.41) is 14.2. The molecule has 1 aliphatic rings. The highest BCUT2D eigenvalue weighted by Crippen LogP contribution is 2.27. The number of anilines is 2. The molecule has 1 fully saturated rings. The van der Waals surface area contributed by atoms with Crippen molar-refractivity contribution in [1.29, 1.82) is 0 Å². The molecular weight excluding hydrogens is 460 g/mol. The van der Waals surface area contributed by atoms with Gasteiger partial charge in [0.2, 0.25) is 0 Å². The molecule has 3 aromatic rings. The highest BCUT2D eigenvalue weighted by atomic mass is 16.6. The van der Waals surface area contributed by atoms with Crippen LogP contribution in [0.1, 0.15) is 51.1 Å². The van der Waals surface area contributed by atoms with Gasteiger partial charge in [0.1, 0.15) is 11.4 Å². The Bertz CT molecular complexity index is 1340. The molecule has 0 unspecified atom stereocenters. The summed E-state index contributed by atoms with van der Waals surface area (Å²) in [5.41, 5.74) is 2.29. The minimum absolute atomic E-state index is 0.0101. The molecule has 1 amide bonds. The summed E-state index contributed by atoms with van der Waals surface area (Å²) < 4.78 is 4.68. The number of carbonyl (C=O) groups is 2. The van der Waals surface area contributed by atoms with E-state index in [9.17, 15) is 19.7 Å². The van der Waals surface area contributed by atoms with Gasteiger partial charge in [-0.1, -0.05) is 11.8 Å². The van der Waals surface area contributed by atoms with Crippen LogP contribution in [0.15, 0.2) is 60.8 Å². The average molecular weight is 485 g/mol. The van der Waals surface area contributed by atoms with E-state index in [1.165, 1.54) is 19.4 Å². The molecule has 9 heteroatoms. The van der Waals surface area contributed by atoms with Crippen LogP contribution in [0.25, 0.3) is 0 Å². The number of esters is 1. The number of nitrogens with one attached hydrogen (secondary N) is 1. The van der Waals surface area contributed by atoms with Gasteiger partial charge < -0.3 is 15.0 Å². The lowest BCUT2D eigenvalue weighted by molar-refractivity contribution is -0.385. The van der Waals surface area contributed by atoms with E-state index in [0.29, 0.717) is 16.7 Å². The number of methoxy groups -OCH3 is 1. The molecule has 1 aromatic heterocycles. The van der Waals surface area contributed by atoms with Gasteiger partial charge in [0.15, 0.2) is 0 Å². The third kappa shape index (κ3) is 5.85. The number of carbonyl (C=O) groups excluding carboxylic acids is 2. The molecule has 4 rings (SSSR count). The van der Waals surface area contributed by atoms with E-state index < -0.39 is 16.8 Å². The van der Waals surface area contributed by atoms with E-state index in [4.69, 9.17) is 0 Å². The van der Waals surface area contributed by atoms with Crippen LogP contribution < -0.4 is 10.2 Å². The first-order valence-electron chi connectivity index (χ1n) is 11.5. The lowest BCUT2D eigenvalue weighted by Gasteiger charge is -2.29. The lowest BCUT2D eigenvalue weighted by atomic mass is 10.1. The number of aromatic nitrogens is 1. The van der Waals surface area contributed by atoms with Crippen LogP contribution in [-0.2, 0) is 4.74 Å². The number of ether oxygens (including phenoxy) is 1. The zero-order valence-electron chi connectivity index (χ0n) is 19.7. The van der Waals surface area contributed by atoms with Gasteiger partial charge in [0.05, 0.1) is 17.6 Å². The fourth-order valence-corrected chi connectivity index (χ4v) is 3.89. The van der Waals surface area contributed by atoms with Gasteiger partial charge in [-0.15, -0.1) is 0 Å². The van der Waals surface area contributed by atoms with E-state index in [1.54, 1.807) is 48.5 Å². The summed E-state index contributed by atoms with van der Waals surface area (Å²) in [6.07, 6.45) is 4.77. The Morgan fingerprint density at radius 1 is 1.00 bits per heavy atom. The van der Waals surface area contributed by atoms with Crippen molar-refractivity contribution in [2.75, 3.05) is 30.4 Å². The van der Waals surface area contributed by atoms with E-state index >= 15 is 0 Å². The second-order valence-electron chi connectivity index (χ2n) is 8.21. The van der Waals surface area contributed by atoms with E-state index in [0.717, 1.165) is 38.0 Å². The molecule has 0 spiro atoms. The highest BCUT2D eigenvalue weighted by Gasteiger charge is 2.23. The smallest absolute Gasteiger partial charge is 0.337 e. The number of hydrogen-bond donors (Lipinski definition) is 1. The van der Waals surface area contributed by atoms with Crippen LogP contribution in [-0.4, -0.2) is 42.0 Å². The van der Waals surface area contributed by atoms with Crippen LogP contribution in [0, 0.1) is 22.0 Å². The van der Waals surface area contributed by atoms with E-state index in [1.807, 2.05) is 0 Å². The zero-order valence-corrected chi connectivity index (χ0v) is 19.7. The van der Waals surface area contributed by atoms with Crippen LogP contribution in [0.5, 0.6) is 0 Å². The number of nitro benzene ring substituents is 1. The number of benzene rings is 2. The Morgan fingerprint density at radius 3 is 2.33 bits per heavy atom. The number of nitrogens with zero attached hydrogens (tertiary/aromatic N) is 3. The van der Waals surface area contributed by atoms with Crippen molar-refractivity contribution in [1.82, 2.24) is 4.98 Å². The fraction of sp³-hybridized carbons (Fsp3) is 0.222. The molecule has 182 valence electrons. The quantitative estimate of drug-likeness (QED) is 0.247. The maximum absolute atomic E-state index is 12.9. The molecule has 2 heterocycles. The standard InChI is InChI=1S/C27H24N4O5/c1-36-27(33)21-10-7-19(8-11-21)5-6-20-9-14-25(28-18-20)29-26(32)23-17-22(12-13-24(23)31(34)35)30-15-3-2-4-16-30/h7-14,17-18H,2-4,15-16H2,1H3,(H,28,29,32).